The summed E-state index contributed by atoms with van der Waals surface area (Å²) in [5.41, 5.74) is 4.09. The molecule has 0 aromatic heterocycles. The van der Waals surface area contributed by atoms with Crippen molar-refractivity contribution in [2.24, 2.45) is 0 Å². The molecule has 1 saturated heterocycles. The highest BCUT2D eigenvalue weighted by molar-refractivity contribution is 5.58. The smallest absolute Gasteiger partial charge is 0.151 e. The third kappa shape index (κ3) is 8.43. The molecule has 1 aliphatic heterocycles. The number of carbonyl (C=O) groups is 1. The van der Waals surface area contributed by atoms with Crippen molar-refractivity contribution in [3.05, 3.63) is 144 Å². The lowest BCUT2D eigenvalue weighted by atomic mass is 9.94. The molecule has 6 nitrogen and oxygen atoms in total. The van der Waals surface area contributed by atoms with Crippen molar-refractivity contribution in [3.8, 4) is 0 Å². The second-order valence-electron chi connectivity index (χ2n) is 10.1. The molecule has 0 radical (unpaired) electrons. The Morgan fingerprint density at radius 3 is 1.34 bits per heavy atom. The number of aldehydes is 1. The Hall–Kier alpha value is -3.65. The molecule has 4 aromatic rings. The van der Waals surface area contributed by atoms with Crippen molar-refractivity contribution < 1.29 is 28.5 Å². The molecular weight excluding hydrogens is 516 g/mol. The lowest BCUT2D eigenvalue weighted by Crippen LogP contribution is -2.61. The van der Waals surface area contributed by atoms with Crippen molar-refractivity contribution >= 4 is 6.29 Å². The Balaban J connectivity index is 1.39. The van der Waals surface area contributed by atoms with E-state index in [4.69, 9.17) is 23.7 Å². The highest BCUT2D eigenvalue weighted by atomic mass is 16.6. The van der Waals surface area contributed by atoms with Gasteiger partial charge < -0.3 is 28.5 Å². The highest BCUT2D eigenvalue weighted by Gasteiger charge is 2.48. The Bertz CT molecular complexity index is 1290. The molecule has 0 amide bonds. The minimum absolute atomic E-state index is 0.231. The quantitative estimate of drug-likeness (QED) is 0.181. The van der Waals surface area contributed by atoms with Crippen LogP contribution >= 0.6 is 0 Å². The fourth-order valence-electron chi connectivity index (χ4n) is 4.93. The van der Waals surface area contributed by atoms with Gasteiger partial charge in [-0.1, -0.05) is 121 Å². The molecule has 5 atom stereocenters. The van der Waals surface area contributed by atoms with E-state index in [-0.39, 0.29) is 6.61 Å². The molecule has 5 rings (SSSR count). The van der Waals surface area contributed by atoms with Gasteiger partial charge in [0.1, 0.15) is 30.5 Å². The van der Waals surface area contributed by atoms with Crippen LogP contribution in [0.4, 0.5) is 0 Å². The Labute approximate surface area is 241 Å². The zero-order chi connectivity index (χ0) is 28.1. The minimum Gasteiger partial charge on any atom is -0.374 e. The maximum Gasteiger partial charge on any atom is 0.151 e. The number of hydrogen-bond donors (Lipinski definition) is 0. The second kappa shape index (κ2) is 15.4. The van der Waals surface area contributed by atoms with Crippen LogP contribution in [0.25, 0.3) is 0 Å². The van der Waals surface area contributed by atoms with Crippen molar-refractivity contribution in [1.82, 2.24) is 0 Å². The van der Waals surface area contributed by atoms with Gasteiger partial charge in [0.05, 0.1) is 33.0 Å². The fraction of sp³-hybridized carbons (Fsp3) is 0.286. The number of hydrogen-bond acceptors (Lipinski definition) is 6. The van der Waals surface area contributed by atoms with Crippen LogP contribution in [0.5, 0.6) is 0 Å². The predicted molar refractivity (Wildman–Crippen MR) is 156 cm³/mol. The third-order valence-corrected chi connectivity index (χ3v) is 7.05. The molecule has 41 heavy (non-hydrogen) atoms. The Kier molecular flexibility index (Phi) is 10.8. The molecule has 0 aliphatic carbocycles. The van der Waals surface area contributed by atoms with Crippen molar-refractivity contribution in [2.45, 2.75) is 56.9 Å². The van der Waals surface area contributed by atoms with Gasteiger partial charge in [-0.05, 0) is 22.3 Å². The van der Waals surface area contributed by atoms with E-state index in [2.05, 4.69) is 0 Å². The number of rotatable bonds is 14. The molecule has 4 aromatic carbocycles. The van der Waals surface area contributed by atoms with Crippen LogP contribution in [0.2, 0.25) is 0 Å². The van der Waals surface area contributed by atoms with Gasteiger partial charge in [0.2, 0.25) is 0 Å². The van der Waals surface area contributed by atoms with E-state index in [9.17, 15) is 4.79 Å². The molecule has 0 N–H and O–H groups in total. The number of carbonyl (C=O) groups excluding carboxylic acids is 1. The van der Waals surface area contributed by atoms with Crippen LogP contribution in [0.1, 0.15) is 22.3 Å². The van der Waals surface area contributed by atoms with E-state index in [1.807, 2.05) is 121 Å². The van der Waals surface area contributed by atoms with E-state index in [1.54, 1.807) is 0 Å². The number of benzene rings is 4. The summed E-state index contributed by atoms with van der Waals surface area (Å²) in [6, 6.07) is 39.7. The monoisotopic (exact) mass is 552 g/mol. The van der Waals surface area contributed by atoms with Gasteiger partial charge in [0.25, 0.3) is 0 Å². The van der Waals surface area contributed by atoms with Crippen LogP contribution < -0.4 is 0 Å². The molecule has 1 fully saturated rings. The maximum atomic E-state index is 12.4. The van der Waals surface area contributed by atoms with Crippen LogP contribution in [0.15, 0.2) is 121 Å². The van der Waals surface area contributed by atoms with Gasteiger partial charge in [-0.15, -0.1) is 0 Å². The molecule has 1 heterocycles. The maximum absolute atomic E-state index is 12.4. The van der Waals surface area contributed by atoms with Gasteiger partial charge in [0, 0.05) is 0 Å². The molecule has 212 valence electrons. The largest absolute Gasteiger partial charge is 0.374 e. The molecule has 0 bridgehead atoms. The van der Waals surface area contributed by atoms with Gasteiger partial charge >= 0.3 is 0 Å². The van der Waals surface area contributed by atoms with Crippen LogP contribution in [0, 0.1) is 0 Å². The number of ether oxygens (including phenoxy) is 5. The second-order valence-corrected chi connectivity index (χ2v) is 10.1. The molecule has 1 aliphatic rings. The van der Waals surface area contributed by atoms with Crippen molar-refractivity contribution in [2.75, 3.05) is 6.61 Å². The third-order valence-electron chi connectivity index (χ3n) is 7.05. The lowest BCUT2D eigenvalue weighted by molar-refractivity contribution is -0.264. The summed E-state index contributed by atoms with van der Waals surface area (Å²) >= 11 is 0. The summed E-state index contributed by atoms with van der Waals surface area (Å²) in [5.74, 6) is 0. The van der Waals surface area contributed by atoms with Crippen LogP contribution in [-0.2, 0) is 54.9 Å². The Morgan fingerprint density at radius 2 is 0.902 bits per heavy atom. The first-order chi connectivity index (χ1) is 20.3. The molecular formula is C35H36O6. The SMILES string of the molecule is O=C[C@H]1OC(COCc2ccccc2)[C@H](OCc2ccccc2)C(OCc2ccccc2)C1OCc1ccccc1. The van der Waals surface area contributed by atoms with Gasteiger partial charge in [-0.25, -0.2) is 0 Å². The first-order valence-electron chi connectivity index (χ1n) is 14.0. The van der Waals surface area contributed by atoms with Crippen LogP contribution in [0.3, 0.4) is 0 Å². The van der Waals surface area contributed by atoms with Crippen molar-refractivity contribution in [3.63, 3.8) is 0 Å². The van der Waals surface area contributed by atoms with Crippen LogP contribution in [-0.4, -0.2) is 43.4 Å². The van der Waals surface area contributed by atoms with E-state index in [0.29, 0.717) is 26.4 Å². The molecule has 3 unspecified atom stereocenters. The lowest BCUT2D eigenvalue weighted by Gasteiger charge is -2.44. The van der Waals surface area contributed by atoms with E-state index in [1.165, 1.54) is 0 Å². The summed E-state index contributed by atoms with van der Waals surface area (Å²) in [7, 11) is 0. The fourth-order valence-corrected chi connectivity index (χ4v) is 4.93. The van der Waals surface area contributed by atoms with E-state index < -0.39 is 30.5 Å². The highest BCUT2D eigenvalue weighted by Crippen LogP contribution is 2.30. The predicted octanol–water partition coefficient (Wildman–Crippen LogP) is 5.93. The Morgan fingerprint density at radius 1 is 0.512 bits per heavy atom. The van der Waals surface area contributed by atoms with Gasteiger partial charge in [-0.2, -0.15) is 0 Å². The summed E-state index contributed by atoms with van der Waals surface area (Å²) in [6.07, 6.45) is -2.41. The molecule has 0 spiro atoms. The van der Waals surface area contributed by atoms with E-state index in [0.717, 1.165) is 28.5 Å². The van der Waals surface area contributed by atoms with Gasteiger partial charge in [0.15, 0.2) is 6.29 Å². The van der Waals surface area contributed by atoms with E-state index >= 15 is 0 Å². The normalized spacial score (nSPS) is 22.3. The topological polar surface area (TPSA) is 63.2 Å². The summed E-state index contributed by atoms with van der Waals surface area (Å²) in [6.45, 7) is 1.65. The molecule has 6 heteroatoms. The zero-order valence-electron chi connectivity index (χ0n) is 23.0. The van der Waals surface area contributed by atoms with Gasteiger partial charge in [-0.3, -0.25) is 0 Å². The molecule has 0 saturated carbocycles. The standard InChI is InChI=1S/C35H36O6/c36-21-31-33(38-23-28-15-7-2-8-16-28)35(40-25-30-19-11-4-12-20-30)34(39-24-29-17-9-3-10-18-29)32(41-31)26-37-22-27-13-5-1-6-14-27/h1-21,31-35H,22-26H2/t31-,32?,33?,34+,35?/m1/s1. The first-order valence-corrected chi connectivity index (χ1v) is 14.0. The van der Waals surface area contributed by atoms with Crippen molar-refractivity contribution in [1.29, 1.82) is 0 Å². The summed E-state index contributed by atoms with van der Waals surface area (Å²) in [4.78, 5) is 12.4. The average Bonchev–Trinajstić information content (AvgIpc) is 3.04. The summed E-state index contributed by atoms with van der Waals surface area (Å²) < 4.78 is 31.9. The zero-order valence-corrected chi connectivity index (χ0v) is 23.0. The average molecular weight is 553 g/mol. The first kappa shape index (κ1) is 28.9. The summed E-state index contributed by atoms with van der Waals surface area (Å²) in [5, 5.41) is 0. The minimum atomic E-state index is -0.846.